The van der Waals surface area contributed by atoms with E-state index in [0.29, 0.717) is 0 Å². The molecule has 0 aliphatic carbocycles. The smallest absolute Gasteiger partial charge is 0.224 e. The predicted molar refractivity (Wildman–Crippen MR) is 175 cm³/mol. The molecule has 5 aliphatic rings. The van der Waals surface area contributed by atoms with Crippen molar-refractivity contribution in [3.8, 4) is 0 Å². The van der Waals surface area contributed by atoms with Crippen LogP contribution in [0.25, 0.3) is 0 Å². The molecule has 5 rings (SSSR count). The normalized spacial score (nSPS) is 50.6. The highest BCUT2D eigenvalue weighted by atomic mass is 16.8. The average molecular weight is 867 g/mol. The third kappa shape index (κ3) is 12.1. The molecule has 0 bridgehead atoms. The summed E-state index contributed by atoms with van der Waals surface area (Å²) >= 11 is 0. The van der Waals surface area contributed by atoms with Gasteiger partial charge in [0, 0.05) is 0 Å². The number of rotatable bonds is 7. The number of ether oxygens (including phenoxy) is 6. The molecule has 0 radical (unpaired) electrons. The van der Waals surface area contributed by atoms with Crippen LogP contribution >= 0.6 is 0 Å². The standard InChI is InChI=1S/C12H22O11.2C6H12O6.C6H12O5/c13-1-4-6(16)8(18)9(19)11(21-4)23-12(3-15)10(20)7(17)5(2-14)22-12;7-2-6(11)5(10)4(9)3(8)1-12-6;7-1-2-3(8)4(9)5(10)6(11)12-2;1-2-3(7)4(8)5(9)6(10)11-2/h4-11,13-20H,1-3H2;3-5,7-11H,1-2H2;2-11H,1H2;2-10H,1H3/t4-,5-,6-,7-,8+,9-,10+,11-,12?;3-,4-,5+,6+;2-,3-,4+,5-,6?;2-,3-,4+,5+,6?/m1110/s1. The summed E-state index contributed by atoms with van der Waals surface area (Å²) in [5.74, 6) is -4.39. The van der Waals surface area contributed by atoms with Crippen molar-refractivity contribution >= 4 is 0 Å². The van der Waals surface area contributed by atoms with Gasteiger partial charge in [-0.1, -0.05) is 0 Å². The molecule has 23 atom stereocenters. The fraction of sp³-hybridized carbons (Fsp3) is 1.00. The van der Waals surface area contributed by atoms with Crippen molar-refractivity contribution in [1.82, 2.24) is 0 Å². The van der Waals surface area contributed by atoms with Gasteiger partial charge in [-0.2, -0.15) is 0 Å². The Bertz CT molecular complexity index is 1160. The molecule has 0 aromatic carbocycles. The van der Waals surface area contributed by atoms with Gasteiger partial charge in [-0.3, -0.25) is 0 Å². The van der Waals surface area contributed by atoms with Gasteiger partial charge in [0.1, 0.15) is 110 Å². The summed E-state index contributed by atoms with van der Waals surface area (Å²) in [6.07, 6.45) is -30.1. The van der Waals surface area contributed by atoms with Crippen LogP contribution in [0.5, 0.6) is 0 Å². The van der Waals surface area contributed by atoms with E-state index in [0.717, 1.165) is 0 Å². The maximum Gasteiger partial charge on any atom is 0.224 e. The van der Waals surface area contributed by atoms with Crippen LogP contribution in [0.2, 0.25) is 0 Å². The van der Waals surface area contributed by atoms with Crippen LogP contribution in [0.4, 0.5) is 0 Å². The van der Waals surface area contributed by atoms with Crippen molar-refractivity contribution in [2.75, 3.05) is 39.6 Å². The summed E-state index contributed by atoms with van der Waals surface area (Å²) in [7, 11) is 0. The molecule has 3 unspecified atom stereocenters. The molecule has 0 aromatic rings. The van der Waals surface area contributed by atoms with E-state index in [1.807, 2.05) is 0 Å². The molecule has 0 spiro atoms. The number of aliphatic hydroxyl groups excluding tert-OH is 21. The lowest BCUT2D eigenvalue weighted by molar-refractivity contribution is -0.383. The summed E-state index contributed by atoms with van der Waals surface area (Å²) < 4.78 is 29.3. The Balaban J connectivity index is 0.000000283. The van der Waals surface area contributed by atoms with Gasteiger partial charge in [0.25, 0.3) is 0 Å². The molecule has 5 fully saturated rings. The van der Waals surface area contributed by atoms with Crippen molar-refractivity contribution in [2.24, 2.45) is 0 Å². The molecule has 5 heterocycles. The van der Waals surface area contributed by atoms with Gasteiger partial charge in [0.15, 0.2) is 18.9 Å². The van der Waals surface area contributed by atoms with E-state index in [9.17, 15) is 35.7 Å². The number of hydrogen-bond donors (Lipinski definition) is 22. The lowest BCUT2D eigenvalue weighted by Gasteiger charge is -2.43. The molecule has 346 valence electrons. The van der Waals surface area contributed by atoms with E-state index in [2.05, 4.69) is 14.2 Å². The van der Waals surface area contributed by atoms with Crippen molar-refractivity contribution in [2.45, 2.75) is 147 Å². The van der Waals surface area contributed by atoms with Crippen molar-refractivity contribution in [1.29, 1.82) is 0 Å². The molecule has 0 amide bonds. The van der Waals surface area contributed by atoms with Crippen molar-refractivity contribution < 1.29 is 141 Å². The molecular formula is C30H58O28. The average Bonchev–Trinajstić information content (AvgIpc) is 3.46. The van der Waals surface area contributed by atoms with E-state index in [1.54, 1.807) is 0 Å². The van der Waals surface area contributed by atoms with Crippen molar-refractivity contribution in [3.63, 3.8) is 0 Å². The summed E-state index contributed by atoms with van der Waals surface area (Å²) in [6.45, 7) is -2.50. The van der Waals surface area contributed by atoms with Crippen LogP contribution in [0.1, 0.15) is 6.92 Å². The zero-order valence-corrected chi connectivity index (χ0v) is 30.7. The van der Waals surface area contributed by atoms with Gasteiger partial charge in [0.2, 0.25) is 11.6 Å². The predicted octanol–water partition coefficient (Wildman–Crippen LogP) is -14.0. The van der Waals surface area contributed by atoms with Crippen molar-refractivity contribution in [3.05, 3.63) is 0 Å². The fourth-order valence-corrected chi connectivity index (χ4v) is 5.77. The second kappa shape index (κ2) is 22.8. The monoisotopic (exact) mass is 866 g/mol. The van der Waals surface area contributed by atoms with Gasteiger partial charge in [-0.05, 0) is 6.92 Å². The number of hydrogen-bond acceptors (Lipinski definition) is 28. The third-order valence-corrected chi connectivity index (χ3v) is 9.67. The molecule has 28 heteroatoms. The summed E-state index contributed by atoms with van der Waals surface area (Å²) in [5, 5.41) is 202. The van der Waals surface area contributed by atoms with Gasteiger partial charge in [-0.25, -0.2) is 0 Å². The van der Waals surface area contributed by atoms with Crippen LogP contribution in [0.3, 0.4) is 0 Å². The van der Waals surface area contributed by atoms with Crippen LogP contribution in [-0.4, -0.2) is 292 Å². The first-order chi connectivity index (χ1) is 26.9. The lowest BCUT2D eigenvalue weighted by Crippen LogP contribution is -2.62. The Morgan fingerprint density at radius 2 is 0.948 bits per heavy atom. The van der Waals surface area contributed by atoms with Gasteiger partial charge < -0.3 is 141 Å². The fourth-order valence-electron chi connectivity index (χ4n) is 5.77. The lowest BCUT2D eigenvalue weighted by atomic mass is 9.98. The second-order valence-corrected chi connectivity index (χ2v) is 13.8. The third-order valence-electron chi connectivity index (χ3n) is 9.67. The van der Waals surface area contributed by atoms with Crippen LogP contribution in [-0.2, 0) is 28.4 Å². The molecule has 22 N–H and O–H groups in total. The van der Waals surface area contributed by atoms with Gasteiger partial charge in [-0.15, -0.1) is 0 Å². The topological polar surface area (TPSA) is 500 Å². The number of aliphatic hydroxyl groups is 22. The molecule has 28 nitrogen and oxygen atoms in total. The van der Waals surface area contributed by atoms with Crippen LogP contribution in [0.15, 0.2) is 0 Å². The molecule has 5 saturated heterocycles. The molecule has 5 aliphatic heterocycles. The zero-order valence-electron chi connectivity index (χ0n) is 30.7. The van der Waals surface area contributed by atoms with E-state index in [1.165, 1.54) is 6.92 Å². The first kappa shape index (κ1) is 53.0. The Morgan fingerprint density at radius 3 is 1.41 bits per heavy atom. The Morgan fingerprint density at radius 1 is 0.483 bits per heavy atom. The molecule has 0 aromatic heterocycles. The first-order valence-corrected chi connectivity index (χ1v) is 17.6. The van der Waals surface area contributed by atoms with E-state index in [-0.39, 0.29) is 6.61 Å². The second-order valence-electron chi connectivity index (χ2n) is 13.8. The highest BCUT2D eigenvalue weighted by molar-refractivity contribution is 4.98. The van der Waals surface area contributed by atoms with E-state index < -0.39 is 173 Å². The van der Waals surface area contributed by atoms with E-state index in [4.69, 9.17) is 90.8 Å². The minimum absolute atomic E-state index is 0.324. The minimum Gasteiger partial charge on any atom is -0.394 e. The highest BCUT2D eigenvalue weighted by Gasteiger charge is 2.58. The Labute approximate surface area is 327 Å². The summed E-state index contributed by atoms with van der Waals surface area (Å²) in [6, 6.07) is 0. The first-order valence-electron chi connectivity index (χ1n) is 17.6. The zero-order chi connectivity index (χ0) is 44.6. The quantitative estimate of drug-likeness (QED) is 0.113. The van der Waals surface area contributed by atoms with Crippen LogP contribution in [0, 0.1) is 0 Å². The minimum atomic E-state index is -2.22. The van der Waals surface area contributed by atoms with Crippen LogP contribution < -0.4 is 0 Å². The molecule has 58 heavy (non-hydrogen) atoms. The van der Waals surface area contributed by atoms with E-state index >= 15 is 0 Å². The summed E-state index contributed by atoms with van der Waals surface area (Å²) in [4.78, 5) is 0. The maximum atomic E-state index is 10.00. The SMILES string of the molecule is C[C@@H]1OC(O)[C@H](O)[C@H](O)[C@H]1O.OC[C@H]1OC(CO)(O[C@H]2O[C@H](CO)[C@@H](O)[C@H](O)[C@H]2O)[C@@H](O)[C@@H]1O.OC[C@H]1OC(O)[C@H](O)[C@@H](O)[C@@H]1O.OC[C@]1(O)OC[C@@H](O)[C@@H](O)[C@@H]1O. The Kier molecular flexibility index (Phi) is 20.9. The summed E-state index contributed by atoms with van der Waals surface area (Å²) in [5.41, 5.74) is 0. The maximum absolute atomic E-state index is 10.00. The molecular weight excluding hydrogens is 808 g/mol. The van der Waals surface area contributed by atoms with Gasteiger partial charge >= 0.3 is 0 Å². The molecule has 0 saturated carbocycles. The Hall–Kier alpha value is -1.12. The largest absolute Gasteiger partial charge is 0.394 e. The highest BCUT2D eigenvalue weighted by Crippen LogP contribution is 2.36. The van der Waals surface area contributed by atoms with Gasteiger partial charge in [0.05, 0.1) is 39.1 Å².